The number of carbonyl (C=O) groups is 1. The van der Waals surface area contributed by atoms with Crippen LogP contribution < -0.4 is 0 Å². The molecule has 6 nitrogen and oxygen atoms in total. The van der Waals surface area contributed by atoms with E-state index in [4.69, 9.17) is 4.74 Å². The van der Waals surface area contributed by atoms with E-state index >= 15 is 0 Å². The molecule has 0 aliphatic carbocycles. The summed E-state index contributed by atoms with van der Waals surface area (Å²) in [6.45, 7) is 5.89. The van der Waals surface area contributed by atoms with Crippen molar-refractivity contribution in [3.8, 4) is 5.69 Å². The molecule has 0 bridgehead atoms. The fourth-order valence-electron chi connectivity index (χ4n) is 2.50. The second-order valence-corrected chi connectivity index (χ2v) is 5.54. The summed E-state index contributed by atoms with van der Waals surface area (Å²) in [5.41, 5.74) is 2.45. The Morgan fingerprint density at radius 2 is 2.14 bits per heavy atom. The van der Waals surface area contributed by atoms with Crippen molar-refractivity contribution in [2.45, 2.75) is 26.4 Å². The fraction of sp³-hybridized carbons (Fsp3) is 0.438. The molecule has 1 unspecified atom stereocenters. The number of hydrogen-bond acceptors (Lipinski definition) is 4. The van der Waals surface area contributed by atoms with Crippen molar-refractivity contribution in [3.05, 3.63) is 41.7 Å². The quantitative estimate of drug-likeness (QED) is 0.867. The Morgan fingerprint density at radius 3 is 2.86 bits per heavy atom. The lowest BCUT2D eigenvalue weighted by Gasteiger charge is -2.31. The average Bonchev–Trinajstić information content (AvgIpc) is 3.05. The summed E-state index contributed by atoms with van der Waals surface area (Å²) in [5.74, 6) is -0.0832. The molecule has 3 rings (SSSR count). The number of hydrogen-bond donors (Lipinski definition) is 0. The Morgan fingerprint density at radius 1 is 1.36 bits per heavy atom. The third-order valence-corrected chi connectivity index (χ3v) is 3.89. The Kier molecular flexibility index (Phi) is 4.20. The van der Waals surface area contributed by atoms with Gasteiger partial charge in [-0.05, 0) is 25.5 Å². The fourth-order valence-corrected chi connectivity index (χ4v) is 2.50. The second kappa shape index (κ2) is 6.27. The largest absolute Gasteiger partial charge is 0.375 e. The van der Waals surface area contributed by atoms with Gasteiger partial charge in [0.2, 0.25) is 0 Å². The molecule has 6 heteroatoms. The molecule has 1 atom stereocenters. The van der Waals surface area contributed by atoms with E-state index in [1.807, 2.05) is 31.2 Å². The predicted octanol–water partition coefficient (Wildman–Crippen LogP) is 1.83. The first-order valence-corrected chi connectivity index (χ1v) is 7.57. The molecular formula is C16H20N4O2. The van der Waals surface area contributed by atoms with Crippen molar-refractivity contribution in [3.63, 3.8) is 0 Å². The number of aryl methyl sites for hydroxylation is 1. The minimum Gasteiger partial charge on any atom is -0.375 e. The lowest BCUT2D eigenvalue weighted by molar-refractivity contribution is -0.0228. The number of ether oxygens (including phenoxy) is 1. The second-order valence-electron chi connectivity index (χ2n) is 5.54. The topological polar surface area (TPSA) is 60.2 Å². The van der Waals surface area contributed by atoms with Crippen LogP contribution in [-0.4, -0.2) is 51.6 Å². The zero-order valence-corrected chi connectivity index (χ0v) is 12.9. The maximum Gasteiger partial charge on any atom is 0.276 e. The molecule has 1 aliphatic heterocycles. The van der Waals surface area contributed by atoms with Gasteiger partial charge in [0.05, 0.1) is 24.6 Å². The molecule has 2 aromatic rings. The summed E-state index contributed by atoms with van der Waals surface area (Å²) in [7, 11) is 0. The highest BCUT2D eigenvalue weighted by Crippen LogP contribution is 2.13. The zero-order chi connectivity index (χ0) is 15.5. The molecule has 1 fully saturated rings. The molecule has 1 aromatic carbocycles. The van der Waals surface area contributed by atoms with Crippen LogP contribution in [0.2, 0.25) is 0 Å². The molecule has 1 amide bonds. The van der Waals surface area contributed by atoms with Crippen molar-refractivity contribution in [1.29, 1.82) is 0 Å². The van der Waals surface area contributed by atoms with Crippen molar-refractivity contribution in [2.75, 3.05) is 19.7 Å². The van der Waals surface area contributed by atoms with E-state index in [9.17, 15) is 4.79 Å². The van der Waals surface area contributed by atoms with Gasteiger partial charge in [-0.25, -0.2) is 4.68 Å². The summed E-state index contributed by atoms with van der Waals surface area (Å²) in [6.07, 6.45) is 2.70. The van der Waals surface area contributed by atoms with Crippen molar-refractivity contribution < 1.29 is 9.53 Å². The Bertz CT molecular complexity index is 650. The number of morpholine rings is 1. The van der Waals surface area contributed by atoms with Crippen LogP contribution in [-0.2, 0) is 4.74 Å². The average molecular weight is 300 g/mol. The molecule has 0 N–H and O–H groups in total. The maximum absolute atomic E-state index is 12.5. The van der Waals surface area contributed by atoms with Crippen LogP contribution in [0, 0.1) is 6.92 Å². The first-order valence-electron chi connectivity index (χ1n) is 7.57. The van der Waals surface area contributed by atoms with Gasteiger partial charge < -0.3 is 9.64 Å². The van der Waals surface area contributed by atoms with Gasteiger partial charge in [-0.1, -0.05) is 29.8 Å². The van der Waals surface area contributed by atoms with E-state index in [0.29, 0.717) is 25.4 Å². The van der Waals surface area contributed by atoms with Gasteiger partial charge in [0, 0.05) is 13.1 Å². The van der Waals surface area contributed by atoms with Crippen molar-refractivity contribution in [2.24, 2.45) is 0 Å². The van der Waals surface area contributed by atoms with Gasteiger partial charge in [0.1, 0.15) is 0 Å². The van der Waals surface area contributed by atoms with Gasteiger partial charge in [-0.3, -0.25) is 4.79 Å². The molecule has 0 spiro atoms. The van der Waals surface area contributed by atoms with Gasteiger partial charge in [0.15, 0.2) is 5.69 Å². The molecule has 22 heavy (non-hydrogen) atoms. The normalized spacial score (nSPS) is 18.5. The third-order valence-electron chi connectivity index (χ3n) is 3.89. The standard InChI is InChI=1S/C16H20N4O2/c1-3-14-10-19(8-9-22-14)16(21)15-11-20(18-17-15)13-6-4-12(2)5-7-13/h4-7,11,14H,3,8-10H2,1-2H3. The molecule has 0 saturated carbocycles. The van der Waals surface area contributed by atoms with Crippen LogP contribution in [0.25, 0.3) is 5.69 Å². The highest BCUT2D eigenvalue weighted by atomic mass is 16.5. The number of aromatic nitrogens is 3. The molecule has 1 aromatic heterocycles. The summed E-state index contributed by atoms with van der Waals surface area (Å²) < 4.78 is 7.22. The molecule has 2 heterocycles. The van der Waals surface area contributed by atoms with E-state index in [0.717, 1.165) is 12.1 Å². The molecule has 0 radical (unpaired) electrons. The van der Waals surface area contributed by atoms with Crippen LogP contribution in [0.3, 0.4) is 0 Å². The third kappa shape index (κ3) is 3.01. The number of benzene rings is 1. The smallest absolute Gasteiger partial charge is 0.276 e. The van der Waals surface area contributed by atoms with E-state index in [1.54, 1.807) is 15.8 Å². The van der Waals surface area contributed by atoms with E-state index < -0.39 is 0 Å². The molecule has 1 aliphatic rings. The monoisotopic (exact) mass is 300 g/mol. The summed E-state index contributed by atoms with van der Waals surface area (Å²) >= 11 is 0. The van der Waals surface area contributed by atoms with Crippen LogP contribution in [0.5, 0.6) is 0 Å². The van der Waals surface area contributed by atoms with Crippen LogP contribution in [0.4, 0.5) is 0 Å². The molecular weight excluding hydrogens is 280 g/mol. The highest BCUT2D eigenvalue weighted by molar-refractivity contribution is 5.92. The molecule has 1 saturated heterocycles. The Hall–Kier alpha value is -2.21. The van der Waals surface area contributed by atoms with Crippen molar-refractivity contribution in [1.82, 2.24) is 19.9 Å². The summed E-state index contributed by atoms with van der Waals surface area (Å²) in [6, 6.07) is 7.93. The van der Waals surface area contributed by atoms with Gasteiger partial charge in [0.25, 0.3) is 5.91 Å². The molecule has 116 valence electrons. The lowest BCUT2D eigenvalue weighted by Crippen LogP contribution is -2.45. The van der Waals surface area contributed by atoms with E-state index in [2.05, 4.69) is 17.2 Å². The SMILES string of the molecule is CCC1CN(C(=O)c2cn(-c3ccc(C)cc3)nn2)CCO1. The van der Waals surface area contributed by atoms with E-state index in [1.165, 1.54) is 5.56 Å². The Balaban J connectivity index is 1.75. The Labute approximate surface area is 129 Å². The number of carbonyl (C=O) groups excluding carboxylic acids is 1. The lowest BCUT2D eigenvalue weighted by atomic mass is 10.2. The number of nitrogens with zero attached hydrogens (tertiary/aromatic N) is 4. The minimum atomic E-state index is -0.0832. The number of amides is 1. The predicted molar refractivity (Wildman–Crippen MR) is 82.0 cm³/mol. The highest BCUT2D eigenvalue weighted by Gasteiger charge is 2.25. The first kappa shape index (κ1) is 14.7. The van der Waals surface area contributed by atoms with Crippen LogP contribution in [0.1, 0.15) is 29.4 Å². The summed E-state index contributed by atoms with van der Waals surface area (Å²) in [4.78, 5) is 14.3. The van der Waals surface area contributed by atoms with Crippen LogP contribution in [0.15, 0.2) is 30.5 Å². The van der Waals surface area contributed by atoms with Crippen molar-refractivity contribution >= 4 is 5.91 Å². The zero-order valence-electron chi connectivity index (χ0n) is 12.9. The minimum absolute atomic E-state index is 0.0832. The van der Waals surface area contributed by atoms with Gasteiger partial charge in [-0.2, -0.15) is 0 Å². The van der Waals surface area contributed by atoms with Crippen LogP contribution >= 0.6 is 0 Å². The van der Waals surface area contributed by atoms with E-state index in [-0.39, 0.29) is 12.0 Å². The number of rotatable bonds is 3. The van der Waals surface area contributed by atoms with Gasteiger partial charge >= 0.3 is 0 Å². The maximum atomic E-state index is 12.5. The first-order chi connectivity index (χ1) is 10.7. The summed E-state index contributed by atoms with van der Waals surface area (Å²) in [5, 5.41) is 8.08. The van der Waals surface area contributed by atoms with Gasteiger partial charge in [-0.15, -0.1) is 5.10 Å².